The molecular weight excluding hydrogens is 705 g/mol. The number of imidazole rings is 1. The molecule has 2 aromatic heterocycles. The van der Waals surface area contributed by atoms with Crippen molar-refractivity contribution in [3.8, 4) is 0 Å². The molecule has 0 aliphatic carbocycles. The first-order valence-corrected chi connectivity index (χ1v) is 17.3. The van der Waals surface area contributed by atoms with Crippen LogP contribution in [0.2, 0.25) is 0 Å². The van der Waals surface area contributed by atoms with Gasteiger partial charge in [0.1, 0.15) is 50.0 Å². The van der Waals surface area contributed by atoms with E-state index in [2.05, 4.69) is 25.6 Å². The maximum Gasteiger partial charge on any atom is 0.694 e. The van der Waals surface area contributed by atoms with Crippen molar-refractivity contribution in [2.45, 2.75) is 88.3 Å². The van der Waals surface area contributed by atoms with Crippen molar-refractivity contribution in [2.75, 3.05) is 52.1 Å². The van der Waals surface area contributed by atoms with E-state index in [1.807, 2.05) is 0 Å². The Balaban J connectivity index is 1.10. The molecule has 9 N–H and O–H groups in total. The second kappa shape index (κ2) is 19.5. The normalized spacial score (nSPS) is 28.2. The number of aromatic nitrogens is 4. The van der Waals surface area contributed by atoms with Gasteiger partial charge in [0.2, 0.25) is 17.8 Å². The Kier molecular flexibility index (Phi) is 15.5. The molecule has 286 valence electrons. The number of carbonyl (C=O) groups excluding carboxylic acids is 2. The van der Waals surface area contributed by atoms with E-state index in [1.165, 1.54) is 17.8 Å². The van der Waals surface area contributed by atoms with Crippen LogP contribution in [0.15, 0.2) is 11.1 Å². The Morgan fingerprint density at radius 3 is 2.59 bits per heavy atom. The lowest BCUT2D eigenvalue weighted by molar-refractivity contribution is -0.260. The topological polar surface area (TPSA) is 310 Å². The summed E-state index contributed by atoms with van der Waals surface area (Å²) in [5.74, 6) is -0.758. The highest BCUT2D eigenvalue weighted by Gasteiger charge is 2.48. The summed E-state index contributed by atoms with van der Waals surface area (Å²) >= 11 is 0. The van der Waals surface area contributed by atoms with Crippen molar-refractivity contribution in [3.63, 3.8) is 0 Å². The number of nitrogens with zero attached hydrogens (tertiary/aromatic N) is 3. The number of fused-ring (bicyclic) bond motifs is 1. The van der Waals surface area contributed by atoms with Crippen LogP contribution in [0.5, 0.6) is 0 Å². The van der Waals surface area contributed by atoms with Crippen LogP contribution in [0.4, 0.5) is 5.95 Å². The molecule has 51 heavy (non-hydrogen) atoms. The van der Waals surface area contributed by atoms with Gasteiger partial charge in [0.05, 0.1) is 32.3 Å². The number of aromatic amines is 1. The lowest BCUT2D eigenvalue weighted by Crippen LogP contribution is -2.63. The van der Waals surface area contributed by atoms with Crippen LogP contribution in [0, 0.1) is 0 Å². The minimum atomic E-state index is -2.95. The molecule has 2 saturated heterocycles. The van der Waals surface area contributed by atoms with Gasteiger partial charge in [0.15, 0.2) is 23.7 Å². The number of nitrogen functional groups attached to an aromatic ring is 1. The van der Waals surface area contributed by atoms with Crippen LogP contribution >= 0.6 is 8.25 Å². The second-order valence-electron chi connectivity index (χ2n) is 11.7. The van der Waals surface area contributed by atoms with Crippen molar-refractivity contribution in [2.24, 2.45) is 0 Å². The zero-order valence-corrected chi connectivity index (χ0v) is 28.9. The number of ether oxygens (including phenoxy) is 6. The molecule has 0 radical (unpaired) electrons. The molecule has 0 saturated carbocycles. The zero-order valence-electron chi connectivity index (χ0n) is 28.0. The number of hydrogen-bond acceptors (Lipinski definition) is 17. The molecule has 4 heterocycles. The smallest absolute Gasteiger partial charge is 0.388 e. The molecule has 0 aromatic carbocycles. The SMILES string of the molecule is CC(=O)N[C@@H]1[C@@H](OCCCCC(=O)NCCOCCOCO[C@@H]2[C@H](O)[C@@H](CO[P+](=O)O)O[C@H]2n2cnc3c(=O)[nH]c(N)nc32)O[C@@H](C)[C@@H](O)[C@H]1O. The Morgan fingerprint density at radius 2 is 1.84 bits per heavy atom. The first-order chi connectivity index (χ1) is 24.4. The van der Waals surface area contributed by atoms with Gasteiger partial charge in [-0.2, -0.15) is 4.98 Å². The minimum absolute atomic E-state index is 0.0302. The van der Waals surface area contributed by atoms with Gasteiger partial charge in [-0.15, -0.1) is 9.42 Å². The third kappa shape index (κ3) is 11.4. The summed E-state index contributed by atoms with van der Waals surface area (Å²) in [6, 6.07) is -0.931. The number of anilines is 1. The number of carbonyl (C=O) groups is 2. The third-order valence-electron chi connectivity index (χ3n) is 7.96. The molecule has 23 heteroatoms. The van der Waals surface area contributed by atoms with E-state index in [0.29, 0.717) is 12.8 Å². The van der Waals surface area contributed by atoms with Gasteiger partial charge in [-0.25, -0.2) is 4.98 Å². The molecule has 2 aromatic rings. The average Bonchev–Trinajstić information content (AvgIpc) is 3.63. The van der Waals surface area contributed by atoms with E-state index in [1.54, 1.807) is 6.92 Å². The first-order valence-electron chi connectivity index (χ1n) is 16.2. The Labute approximate surface area is 291 Å². The van der Waals surface area contributed by atoms with Gasteiger partial charge < -0.3 is 60.1 Å². The Morgan fingerprint density at radius 1 is 1.08 bits per heavy atom. The largest absolute Gasteiger partial charge is 0.694 e. The highest BCUT2D eigenvalue weighted by molar-refractivity contribution is 7.32. The molecule has 0 spiro atoms. The maximum atomic E-state index is 12.2. The number of aliphatic hydroxyl groups is 3. The monoisotopic (exact) mass is 750 g/mol. The summed E-state index contributed by atoms with van der Waals surface area (Å²) in [4.78, 5) is 55.3. The van der Waals surface area contributed by atoms with Gasteiger partial charge >= 0.3 is 8.25 Å². The van der Waals surface area contributed by atoms with E-state index in [9.17, 15) is 34.3 Å². The molecule has 22 nitrogen and oxygen atoms in total. The predicted octanol–water partition coefficient (Wildman–Crippen LogP) is -2.72. The molecule has 2 amide bonds. The van der Waals surface area contributed by atoms with E-state index in [4.69, 9.17) is 43.6 Å². The first kappa shape index (κ1) is 40.5. The van der Waals surface area contributed by atoms with Gasteiger partial charge in [-0.3, -0.25) is 23.9 Å². The molecule has 1 unspecified atom stereocenters. The minimum Gasteiger partial charge on any atom is -0.388 e. The Bertz CT molecular complexity index is 1510. The van der Waals surface area contributed by atoms with Crippen LogP contribution < -0.4 is 21.9 Å². The standard InChI is InChI=1S/C28H44N7O15P/c1-14-20(38)22(40)18(32-15(2)36)27(49-14)46-7-4-3-5-17(37)30-6-8-44-9-10-45-13-47-23-21(39)16(11-48-51(42)43)50-26(23)35-12-31-19-24(35)33-28(29)34-25(19)41/h12,14,16,18,20-23,26-27,38-40H,3-11,13H2,1-2H3,(H5-,29,30,32,33,34,36,37,41,42,43)/p+1/t14-,16+,18-,20+,21+,22-,23+,26+,27-/m0/s1. The highest BCUT2D eigenvalue weighted by atomic mass is 31.1. The van der Waals surface area contributed by atoms with Gasteiger partial charge in [0, 0.05) is 31.1 Å². The van der Waals surface area contributed by atoms with Crippen molar-refractivity contribution in [1.29, 1.82) is 0 Å². The summed E-state index contributed by atoms with van der Waals surface area (Å²) in [6.45, 7) is 3.08. The van der Waals surface area contributed by atoms with Crippen molar-refractivity contribution in [3.05, 3.63) is 16.7 Å². The summed E-state index contributed by atoms with van der Waals surface area (Å²) < 4.78 is 50.9. The molecular formula is C28H45N7O15P+. The van der Waals surface area contributed by atoms with Crippen LogP contribution in [-0.2, 0) is 47.1 Å². The molecule has 2 fully saturated rings. The predicted molar refractivity (Wildman–Crippen MR) is 172 cm³/mol. The van der Waals surface area contributed by atoms with Crippen LogP contribution in [0.1, 0.15) is 39.3 Å². The van der Waals surface area contributed by atoms with Crippen LogP contribution in [0.25, 0.3) is 11.2 Å². The number of aliphatic hydroxyl groups excluding tert-OH is 3. The number of nitrogens with one attached hydrogen (secondary N) is 3. The second-order valence-corrected chi connectivity index (χ2v) is 12.5. The Hall–Kier alpha value is -3.25. The fourth-order valence-corrected chi connectivity index (χ4v) is 5.70. The summed E-state index contributed by atoms with van der Waals surface area (Å²) in [7, 11) is -2.95. The number of H-pyrrole nitrogens is 1. The summed E-state index contributed by atoms with van der Waals surface area (Å²) in [5.41, 5.74) is 5.13. The summed E-state index contributed by atoms with van der Waals surface area (Å²) in [6.07, 6.45) is -6.14. The number of unbranched alkanes of at least 4 members (excludes halogenated alkanes) is 1. The quantitative estimate of drug-likeness (QED) is 0.0387. The number of amides is 2. The van der Waals surface area contributed by atoms with Crippen molar-refractivity contribution >= 4 is 37.2 Å². The van der Waals surface area contributed by atoms with E-state index in [-0.39, 0.29) is 69.2 Å². The molecule has 2 aliphatic rings. The zero-order chi connectivity index (χ0) is 37.1. The lowest BCUT2D eigenvalue weighted by atomic mass is 9.97. The maximum absolute atomic E-state index is 12.2. The molecule has 0 bridgehead atoms. The highest BCUT2D eigenvalue weighted by Crippen LogP contribution is 2.34. The van der Waals surface area contributed by atoms with Crippen LogP contribution in [0.3, 0.4) is 0 Å². The fraction of sp³-hybridized carbons (Fsp3) is 0.750. The van der Waals surface area contributed by atoms with E-state index < -0.39 is 81.5 Å². The average molecular weight is 751 g/mol. The van der Waals surface area contributed by atoms with Gasteiger partial charge in [-0.05, 0) is 19.8 Å². The lowest BCUT2D eigenvalue weighted by Gasteiger charge is -2.41. The van der Waals surface area contributed by atoms with Crippen molar-refractivity contribution in [1.82, 2.24) is 30.2 Å². The van der Waals surface area contributed by atoms with Gasteiger partial charge in [-0.1, -0.05) is 0 Å². The van der Waals surface area contributed by atoms with Crippen molar-refractivity contribution < 1.29 is 67.3 Å². The van der Waals surface area contributed by atoms with E-state index >= 15 is 0 Å². The number of nitrogens with two attached hydrogens (primary N) is 1. The number of rotatable bonds is 20. The molecule has 4 rings (SSSR count). The molecule has 10 atom stereocenters. The van der Waals surface area contributed by atoms with Crippen LogP contribution in [-0.4, -0.2) is 147 Å². The third-order valence-corrected chi connectivity index (χ3v) is 8.33. The summed E-state index contributed by atoms with van der Waals surface area (Å²) in [5, 5.41) is 36.5. The van der Waals surface area contributed by atoms with E-state index in [0.717, 1.165) is 0 Å². The number of hydrogen-bond donors (Lipinski definition) is 8. The van der Waals surface area contributed by atoms with Gasteiger partial charge in [0.25, 0.3) is 5.56 Å². The molecule has 2 aliphatic heterocycles. The fourth-order valence-electron chi connectivity index (χ4n) is 5.43.